The Balaban J connectivity index is 1.05. The molecule has 4 bridgehead atoms. The number of ether oxygens (including phenoxy) is 1. The Bertz CT molecular complexity index is 1140. The average Bonchev–Trinajstić information content (AvgIpc) is 3.39. The number of rotatable bonds is 7. The Morgan fingerprint density at radius 3 is 2.38 bits per heavy atom. The molecular formula is C26H30N4O3S. The zero-order chi connectivity index (χ0) is 23.3. The van der Waals surface area contributed by atoms with E-state index in [4.69, 9.17) is 9.26 Å². The highest BCUT2D eigenvalue weighted by molar-refractivity contribution is 7.15. The molecule has 1 aromatic carbocycles. The van der Waals surface area contributed by atoms with Crippen molar-refractivity contribution in [1.82, 2.24) is 15.4 Å². The van der Waals surface area contributed by atoms with Crippen LogP contribution in [-0.2, 0) is 23.2 Å². The third-order valence-corrected chi connectivity index (χ3v) is 9.10. The van der Waals surface area contributed by atoms with Crippen LogP contribution in [0.5, 0.6) is 5.75 Å². The summed E-state index contributed by atoms with van der Waals surface area (Å²) in [5, 5.41) is 17.6. The van der Waals surface area contributed by atoms with Gasteiger partial charge in [0.1, 0.15) is 23.1 Å². The fourth-order valence-electron chi connectivity index (χ4n) is 6.78. The van der Waals surface area contributed by atoms with Crippen LogP contribution in [0.25, 0.3) is 0 Å². The van der Waals surface area contributed by atoms with Crippen LogP contribution in [0.4, 0.5) is 5.13 Å². The van der Waals surface area contributed by atoms with Crippen molar-refractivity contribution in [2.45, 2.75) is 70.8 Å². The van der Waals surface area contributed by atoms with Gasteiger partial charge in [0.25, 0.3) is 0 Å². The summed E-state index contributed by atoms with van der Waals surface area (Å²) in [4.78, 5) is 12.7. The quantitative estimate of drug-likeness (QED) is 0.491. The Morgan fingerprint density at radius 1 is 1.09 bits per heavy atom. The van der Waals surface area contributed by atoms with Gasteiger partial charge in [-0.05, 0) is 87.8 Å². The van der Waals surface area contributed by atoms with Crippen molar-refractivity contribution in [3.63, 3.8) is 0 Å². The van der Waals surface area contributed by atoms with Gasteiger partial charge in [0.05, 0.1) is 17.7 Å². The summed E-state index contributed by atoms with van der Waals surface area (Å²) in [6.07, 6.45) is 8.28. The molecule has 0 atom stereocenters. The largest absolute Gasteiger partial charge is 0.489 e. The number of hydrogen-bond donors (Lipinski definition) is 1. The maximum absolute atomic E-state index is 12.7. The van der Waals surface area contributed by atoms with E-state index in [-0.39, 0.29) is 17.7 Å². The molecule has 4 aliphatic rings. The zero-order valence-corrected chi connectivity index (χ0v) is 20.5. The van der Waals surface area contributed by atoms with Crippen LogP contribution in [-0.4, -0.2) is 21.3 Å². The molecule has 7 nitrogen and oxygen atoms in total. The van der Waals surface area contributed by atoms with E-state index in [1.807, 2.05) is 38.1 Å². The van der Waals surface area contributed by atoms with Gasteiger partial charge in [-0.2, -0.15) is 0 Å². The van der Waals surface area contributed by atoms with Crippen molar-refractivity contribution in [3.8, 4) is 5.75 Å². The summed E-state index contributed by atoms with van der Waals surface area (Å²) in [5.74, 6) is 4.04. The van der Waals surface area contributed by atoms with E-state index >= 15 is 0 Å². The van der Waals surface area contributed by atoms with Crippen LogP contribution in [0, 0.1) is 31.6 Å². The van der Waals surface area contributed by atoms with E-state index in [2.05, 4.69) is 20.7 Å². The van der Waals surface area contributed by atoms with E-state index < -0.39 is 0 Å². The first-order valence-electron chi connectivity index (χ1n) is 12.2. The number of carbonyl (C=O) groups excluding carboxylic acids is 1. The zero-order valence-electron chi connectivity index (χ0n) is 19.7. The Morgan fingerprint density at radius 2 is 1.76 bits per heavy atom. The van der Waals surface area contributed by atoms with Crippen LogP contribution in [0.2, 0.25) is 0 Å². The molecule has 0 saturated heterocycles. The lowest BCUT2D eigenvalue weighted by molar-refractivity contribution is -0.115. The van der Waals surface area contributed by atoms with Crippen LogP contribution < -0.4 is 10.1 Å². The topological polar surface area (TPSA) is 90.1 Å². The highest BCUT2D eigenvalue weighted by atomic mass is 32.1. The Labute approximate surface area is 203 Å². The van der Waals surface area contributed by atoms with Gasteiger partial charge >= 0.3 is 0 Å². The molecule has 3 aromatic rings. The normalized spacial score (nSPS) is 27.2. The Kier molecular flexibility index (Phi) is 5.43. The predicted molar refractivity (Wildman–Crippen MR) is 129 cm³/mol. The molecular weight excluding hydrogens is 448 g/mol. The maximum Gasteiger partial charge on any atom is 0.230 e. The van der Waals surface area contributed by atoms with Crippen LogP contribution >= 0.6 is 11.3 Å². The number of anilines is 1. The number of hydrogen-bond acceptors (Lipinski definition) is 7. The van der Waals surface area contributed by atoms with E-state index in [1.54, 1.807) is 11.3 Å². The standard InChI is InChI=1S/C26H30N4O3S/c1-15-22(16(2)33-30-15)14-32-21-5-3-17(4-6-21)10-23(31)27-25-29-28-24(34-25)26-11-18-7-19(12-26)9-20(8-18)13-26/h3-6,18-20H,7-14H2,1-2H3,(H,27,29,31). The maximum atomic E-state index is 12.7. The first-order valence-corrected chi connectivity index (χ1v) is 13.0. The average molecular weight is 479 g/mol. The molecule has 0 aliphatic heterocycles. The van der Waals surface area contributed by atoms with E-state index in [0.29, 0.717) is 11.7 Å². The highest BCUT2D eigenvalue weighted by Gasteiger charge is 2.53. The molecule has 0 spiro atoms. The molecule has 2 heterocycles. The fourth-order valence-corrected chi connectivity index (χ4v) is 7.75. The molecule has 0 unspecified atom stereocenters. The third-order valence-electron chi connectivity index (χ3n) is 8.02. The molecule has 4 aliphatic carbocycles. The number of nitrogens with one attached hydrogen (secondary N) is 1. The second-order valence-corrected chi connectivity index (χ2v) is 11.5. The Hall–Kier alpha value is -2.74. The number of benzene rings is 1. The highest BCUT2D eigenvalue weighted by Crippen LogP contribution is 2.61. The molecule has 4 fully saturated rings. The molecule has 8 heteroatoms. The monoisotopic (exact) mass is 478 g/mol. The second kappa shape index (κ2) is 8.48. The van der Waals surface area contributed by atoms with Gasteiger partial charge in [0, 0.05) is 5.41 Å². The van der Waals surface area contributed by atoms with Crippen molar-refractivity contribution in [2.75, 3.05) is 5.32 Å². The predicted octanol–water partition coefficient (Wildman–Crippen LogP) is 5.37. The van der Waals surface area contributed by atoms with E-state index in [0.717, 1.165) is 51.1 Å². The van der Waals surface area contributed by atoms with Crippen molar-refractivity contribution in [1.29, 1.82) is 0 Å². The van der Waals surface area contributed by atoms with Gasteiger partial charge in [-0.3, -0.25) is 4.79 Å². The molecule has 0 radical (unpaired) electrons. The summed E-state index contributed by atoms with van der Waals surface area (Å²) in [6, 6.07) is 7.61. The summed E-state index contributed by atoms with van der Waals surface area (Å²) < 4.78 is 11.0. The molecule has 7 rings (SSSR count). The molecule has 178 valence electrons. The lowest BCUT2D eigenvalue weighted by Gasteiger charge is -2.55. The summed E-state index contributed by atoms with van der Waals surface area (Å²) in [5.41, 5.74) is 2.95. The first-order chi connectivity index (χ1) is 16.5. The van der Waals surface area contributed by atoms with Crippen molar-refractivity contribution in [3.05, 3.63) is 51.9 Å². The number of carbonyl (C=O) groups is 1. The van der Waals surface area contributed by atoms with Gasteiger partial charge < -0.3 is 14.6 Å². The first kappa shape index (κ1) is 21.8. The van der Waals surface area contributed by atoms with E-state index in [1.165, 1.54) is 38.5 Å². The van der Waals surface area contributed by atoms with Crippen molar-refractivity contribution >= 4 is 22.4 Å². The lowest BCUT2D eigenvalue weighted by atomic mass is 9.50. The van der Waals surface area contributed by atoms with Gasteiger partial charge in [-0.25, -0.2) is 0 Å². The fraction of sp³-hybridized carbons (Fsp3) is 0.538. The van der Waals surface area contributed by atoms with Gasteiger partial charge in [0.15, 0.2) is 0 Å². The third kappa shape index (κ3) is 4.13. The van der Waals surface area contributed by atoms with Gasteiger partial charge in [-0.15, -0.1) is 10.2 Å². The van der Waals surface area contributed by atoms with E-state index in [9.17, 15) is 4.79 Å². The number of aromatic nitrogens is 3. The molecule has 2 aromatic heterocycles. The minimum Gasteiger partial charge on any atom is -0.489 e. The molecule has 34 heavy (non-hydrogen) atoms. The van der Waals surface area contributed by atoms with Crippen LogP contribution in [0.1, 0.15) is 66.1 Å². The number of nitrogens with zero attached hydrogens (tertiary/aromatic N) is 3. The summed E-state index contributed by atoms with van der Waals surface area (Å²) in [6.45, 7) is 4.19. The molecule has 4 saturated carbocycles. The number of amides is 1. The van der Waals surface area contributed by atoms with Crippen molar-refractivity contribution in [2.24, 2.45) is 17.8 Å². The minimum atomic E-state index is -0.0717. The molecule has 1 N–H and O–H groups in total. The summed E-state index contributed by atoms with van der Waals surface area (Å²) in [7, 11) is 0. The summed E-state index contributed by atoms with van der Waals surface area (Å²) >= 11 is 1.58. The lowest BCUT2D eigenvalue weighted by Crippen LogP contribution is -2.48. The van der Waals surface area contributed by atoms with Crippen LogP contribution in [0.15, 0.2) is 28.8 Å². The van der Waals surface area contributed by atoms with Gasteiger partial charge in [0.2, 0.25) is 11.0 Å². The number of aryl methyl sites for hydroxylation is 2. The van der Waals surface area contributed by atoms with Crippen LogP contribution in [0.3, 0.4) is 0 Å². The van der Waals surface area contributed by atoms with Gasteiger partial charge in [-0.1, -0.05) is 28.6 Å². The second-order valence-electron chi connectivity index (χ2n) is 10.6. The van der Waals surface area contributed by atoms with Crippen molar-refractivity contribution < 1.29 is 14.1 Å². The minimum absolute atomic E-state index is 0.0717. The SMILES string of the molecule is Cc1noc(C)c1COc1ccc(CC(=O)Nc2nnc(C34CC5CC(CC(C5)C3)C4)s2)cc1. The molecule has 1 amide bonds. The smallest absolute Gasteiger partial charge is 0.230 e.